The van der Waals surface area contributed by atoms with Crippen molar-refractivity contribution in [2.45, 2.75) is 0 Å². The molecule has 1 aliphatic rings. The van der Waals surface area contributed by atoms with Gasteiger partial charge in [0.1, 0.15) is 0 Å². The van der Waals surface area contributed by atoms with Crippen molar-refractivity contribution in [3.05, 3.63) is 36.2 Å². The molecule has 1 N–H and O–H groups in total. The van der Waals surface area contributed by atoms with E-state index in [2.05, 4.69) is 16.4 Å². The molecule has 1 aromatic rings. The van der Waals surface area contributed by atoms with Gasteiger partial charge in [0.05, 0.1) is 0 Å². The van der Waals surface area contributed by atoms with Gasteiger partial charge in [-0.3, -0.25) is 4.98 Å². The number of nitrogens with one attached hydrogen (secondary N) is 1. The molecule has 0 atom stereocenters. The maximum Gasteiger partial charge on any atom is 0.0273 e. The summed E-state index contributed by atoms with van der Waals surface area (Å²) in [5.74, 6) is 0. The number of hydrogen-bond donors (Lipinski definition) is 1. The number of halogens is 2. The summed E-state index contributed by atoms with van der Waals surface area (Å²) in [6, 6.07) is 4.08. The van der Waals surface area contributed by atoms with Crippen LogP contribution in [0.4, 0.5) is 0 Å². The van der Waals surface area contributed by atoms with Gasteiger partial charge in [0.2, 0.25) is 0 Å². The zero-order chi connectivity index (χ0) is 7.52. The smallest absolute Gasteiger partial charge is 0.0273 e. The lowest BCUT2D eigenvalue weighted by molar-refractivity contribution is 0.897. The van der Waals surface area contributed by atoms with E-state index in [0.29, 0.717) is 0 Å². The lowest BCUT2D eigenvalue weighted by Crippen LogP contribution is -2.07. The van der Waals surface area contributed by atoms with Crippen LogP contribution in [0.2, 0.25) is 0 Å². The molecule has 2 rings (SSSR count). The summed E-state index contributed by atoms with van der Waals surface area (Å²) < 4.78 is 0. The average molecular weight is 219 g/mol. The van der Waals surface area contributed by atoms with Gasteiger partial charge in [0, 0.05) is 25.5 Å². The molecule has 2 heterocycles. The summed E-state index contributed by atoms with van der Waals surface area (Å²) >= 11 is 0. The van der Waals surface area contributed by atoms with E-state index < -0.39 is 0 Å². The van der Waals surface area contributed by atoms with Crippen LogP contribution in [-0.2, 0) is 0 Å². The molecule has 0 saturated carbocycles. The van der Waals surface area contributed by atoms with E-state index in [1.165, 1.54) is 11.1 Å². The first-order valence-electron chi connectivity index (χ1n) is 3.77. The molecule has 72 valence electrons. The molecule has 1 aromatic heterocycles. The van der Waals surface area contributed by atoms with Crippen LogP contribution >= 0.6 is 24.8 Å². The van der Waals surface area contributed by atoms with E-state index in [1.807, 2.05) is 24.5 Å². The van der Waals surface area contributed by atoms with Crippen LogP contribution in [0.15, 0.2) is 30.6 Å². The van der Waals surface area contributed by atoms with Gasteiger partial charge in [-0.05, 0) is 23.3 Å². The SMILES string of the molecule is C1=C(c2ccncc2)CNC1.Cl.Cl. The molecule has 0 fully saturated rings. The fourth-order valence-electron chi connectivity index (χ4n) is 1.26. The zero-order valence-corrected chi connectivity index (χ0v) is 8.70. The van der Waals surface area contributed by atoms with Crippen LogP contribution in [0.3, 0.4) is 0 Å². The van der Waals surface area contributed by atoms with Crippen LogP contribution in [0.25, 0.3) is 5.57 Å². The molecule has 0 amide bonds. The van der Waals surface area contributed by atoms with Crippen LogP contribution in [-0.4, -0.2) is 18.1 Å². The topological polar surface area (TPSA) is 24.9 Å². The summed E-state index contributed by atoms with van der Waals surface area (Å²) in [5, 5.41) is 3.26. The van der Waals surface area contributed by atoms with E-state index in [4.69, 9.17) is 0 Å². The molecule has 13 heavy (non-hydrogen) atoms. The zero-order valence-electron chi connectivity index (χ0n) is 7.06. The maximum absolute atomic E-state index is 3.97. The van der Waals surface area contributed by atoms with Crippen molar-refractivity contribution in [2.75, 3.05) is 13.1 Å². The summed E-state index contributed by atoms with van der Waals surface area (Å²) in [6.07, 6.45) is 5.87. The Kier molecular flexibility index (Phi) is 5.71. The molecular formula is C9H12Cl2N2. The van der Waals surface area contributed by atoms with Gasteiger partial charge in [-0.2, -0.15) is 0 Å². The summed E-state index contributed by atoms with van der Waals surface area (Å²) in [6.45, 7) is 1.99. The summed E-state index contributed by atoms with van der Waals surface area (Å²) in [4.78, 5) is 3.97. The third kappa shape index (κ3) is 2.99. The van der Waals surface area contributed by atoms with E-state index in [1.54, 1.807) is 0 Å². The van der Waals surface area contributed by atoms with Crippen molar-refractivity contribution in [3.8, 4) is 0 Å². The average Bonchev–Trinajstić information content (AvgIpc) is 2.58. The van der Waals surface area contributed by atoms with Crippen molar-refractivity contribution < 1.29 is 0 Å². The molecule has 0 saturated heterocycles. The third-order valence-corrected chi connectivity index (χ3v) is 1.86. The highest BCUT2D eigenvalue weighted by molar-refractivity contribution is 5.85. The Bertz CT molecular complexity index is 272. The van der Waals surface area contributed by atoms with Crippen molar-refractivity contribution in [1.82, 2.24) is 10.3 Å². The Balaban J connectivity index is 0.000000720. The van der Waals surface area contributed by atoms with Crippen molar-refractivity contribution in [2.24, 2.45) is 0 Å². The number of hydrogen-bond acceptors (Lipinski definition) is 2. The predicted octanol–water partition coefficient (Wildman–Crippen LogP) is 1.91. The highest BCUT2D eigenvalue weighted by Crippen LogP contribution is 2.13. The molecule has 0 radical (unpaired) electrons. The monoisotopic (exact) mass is 218 g/mol. The van der Waals surface area contributed by atoms with E-state index >= 15 is 0 Å². The summed E-state index contributed by atoms with van der Waals surface area (Å²) in [7, 11) is 0. The molecule has 0 aromatic carbocycles. The number of nitrogens with zero attached hydrogens (tertiary/aromatic N) is 1. The fourth-order valence-corrected chi connectivity index (χ4v) is 1.26. The Morgan fingerprint density at radius 3 is 2.38 bits per heavy atom. The highest BCUT2D eigenvalue weighted by Gasteiger charge is 2.04. The van der Waals surface area contributed by atoms with E-state index in [0.717, 1.165) is 13.1 Å². The van der Waals surface area contributed by atoms with E-state index in [9.17, 15) is 0 Å². The van der Waals surface area contributed by atoms with Gasteiger partial charge in [-0.15, -0.1) is 24.8 Å². The van der Waals surface area contributed by atoms with Crippen LogP contribution < -0.4 is 5.32 Å². The first kappa shape index (κ1) is 12.4. The molecule has 0 unspecified atom stereocenters. The quantitative estimate of drug-likeness (QED) is 0.780. The van der Waals surface area contributed by atoms with Crippen LogP contribution in [0.1, 0.15) is 5.56 Å². The van der Waals surface area contributed by atoms with E-state index in [-0.39, 0.29) is 24.8 Å². The molecule has 0 spiro atoms. The van der Waals surface area contributed by atoms with Crippen molar-refractivity contribution in [3.63, 3.8) is 0 Å². The minimum absolute atomic E-state index is 0. The summed E-state index contributed by atoms with van der Waals surface area (Å²) in [5.41, 5.74) is 2.66. The highest BCUT2D eigenvalue weighted by atomic mass is 35.5. The van der Waals surface area contributed by atoms with Crippen molar-refractivity contribution in [1.29, 1.82) is 0 Å². The molecular weight excluding hydrogens is 207 g/mol. The molecule has 2 nitrogen and oxygen atoms in total. The number of pyridine rings is 1. The molecule has 4 heteroatoms. The maximum atomic E-state index is 3.97. The second-order valence-electron chi connectivity index (χ2n) is 2.60. The van der Waals surface area contributed by atoms with Crippen LogP contribution in [0, 0.1) is 0 Å². The molecule has 0 aliphatic carbocycles. The first-order valence-corrected chi connectivity index (χ1v) is 3.77. The lowest BCUT2D eigenvalue weighted by atomic mass is 10.1. The second-order valence-corrected chi connectivity index (χ2v) is 2.60. The Morgan fingerprint density at radius 2 is 1.85 bits per heavy atom. The Hall–Kier alpha value is -0.570. The van der Waals surface area contributed by atoms with Crippen LogP contribution in [0.5, 0.6) is 0 Å². The standard InChI is InChI=1S/C9H10N2.2ClH/c1-4-10-5-2-8(1)9-3-6-11-7-9;;/h1-5,11H,6-7H2;2*1H. The first-order chi connectivity index (χ1) is 5.47. The van der Waals surface area contributed by atoms with Gasteiger partial charge in [-0.25, -0.2) is 0 Å². The minimum atomic E-state index is 0. The predicted molar refractivity (Wildman–Crippen MR) is 59.6 cm³/mol. The van der Waals surface area contributed by atoms with Gasteiger partial charge >= 0.3 is 0 Å². The van der Waals surface area contributed by atoms with Gasteiger partial charge in [-0.1, -0.05) is 6.08 Å². The largest absolute Gasteiger partial charge is 0.309 e. The lowest BCUT2D eigenvalue weighted by Gasteiger charge is -1.98. The normalized spacial score (nSPS) is 14.0. The second kappa shape index (κ2) is 5.97. The Labute approximate surface area is 90.3 Å². The minimum Gasteiger partial charge on any atom is -0.309 e. The molecule has 0 bridgehead atoms. The van der Waals surface area contributed by atoms with Crippen molar-refractivity contribution >= 4 is 30.4 Å². The van der Waals surface area contributed by atoms with Gasteiger partial charge < -0.3 is 5.32 Å². The fraction of sp³-hybridized carbons (Fsp3) is 0.222. The van der Waals surface area contributed by atoms with Gasteiger partial charge in [0.15, 0.2) is 0 Å². The molecule has 1 aliphatic heterocycles. The van der Waals surface area contributed by atoms with Gasteiger partial charge in [0.25, 0.3) is 0 Å². The number of aromatic nitrogens is 1. The number of rotatable bonds is 1. The Morgan fingerprint density at radius 1 is 1.15 bits per heavy atom. The third-order valence-electron chi connectivity index (χ3n) is 1.86.